The van der Waals surface area contributed by atoms with E-state index in [-0.39, 0.29) is 23.9 Å². The molecule has 0 saturated carbocycles. The van der Waals surface area contributed by atoms with Crippen LogP contribution in [0, 0.1) is 12.8 Å². The lowest BCUT2D eigenvalue weighted by molar-refractivity contribution is -0.123. The van der Waals surface area contributed by atoms with Crippen LogP contribution in [-0.2, 0) is 4.79 Å². The summed E-state index contributed by atoms with van der Waals surface area (Å²) < 4.78 is 5.49. The van der Waals surface area contributed by atoms with Gasteiger partial charge in [0, 0.05) is 13.1 Å². The van der Waals surface area contributed by atoms with Gasteiger partial charge in [-0.25, -0.2) is 4.79 Å². The van der Waals surface area contributed by atoms with Crippen molar-refractivity contribution in [2.45, 2.75) is 39.2 Å². The summed E-state index contributed by atoms with van der Waals surface area (Å²) in [6, 6.07) is 3.37. The first kappa shape index (κ1) is 18.3. The molecule has 0 bridgehead atoms. The molecular formula is C17H28N4O3. The molecule has 1 saturated heterocycles. The van der Waals surface area contributed by atoms with Crippen LogP contribution >= 0.6 is 0 Å². The van der Waals surface area contributed by atoms with E-state index in [0.717, 1.165) is 50.4 Å². The molecule has 24 heavy (non-hydrogen) atoms. The van der Waals surface area contributed by atoms with E-state index >= 15 is 0 Å². The minimum atomic E-state index is -0.209. The zero-order valence-corrected chi connectivity index (χ0v) is 14.5. The van der Waals surface area contributed by atoms with Gasteiger partial charge in [-0.1, -0.05) is 0 Å². The number of aryl methyl sites for hydroxylation is 1. The van der Waals surface area contributed by atoms with Crippen molar-refractivity contribution < 1.29 is 14.0 Å². The van der Waals surface area contributed by atoms with Crippen molar-refractivity contribution in [3.05, 3.63) is 23.7 Å². The number of likely N-dealkylation sites (tertiary alicyclic amines) is 1. The fraction of sp³-hybridized carbons (Fsp3) is 0.647. The molecule has 0 spiro atoms. The minimum Gasteiger partial charge on any atom is -0.464 e. The van der Waals surface area contributed by atoms with E-state index in [1.54, 1.807) is 0 Å². The number of urea groups is 1. The van der Waals surface area contributed by atoms with Crippen LogP contribution in [0.5, 0.6) is 0 Å². The highest BCUT2D eigenvalue weighted by Crippen LogP contribution is 2.16. The van der Waals surface area contributed by atoms with E-state index in [1.807, 2.05) is 26.0 Å². The molecule has 1 aromatic rings. The number of carbonyl (C=O) groups is 2. The molecule has 1 aromatic heterocycles. The summed E-state index contributed by atoms with van der Waals surface area (Å²) in [5, 5.41) is 5.71. The van der Waals surface area contributed by atoms with Crippen molar-refractivity contribution >= 4 is 11.9 Å². The molecule has 7 heteroatoms. The topological polar surface area (TPSA) is 101 Å². The summed E-state index contributed by atoms with van der Waals surface area (Å²) in [5.74, 6) is 1.33. The highest BCUT2D eigenvalue weighted by atomic mass is 16.3. The Morgan fingerprint density at radius 2 is 2.25 bits per heavy atom. The summed E-state index contributed by atoms with van der Waals surface area (Å²) in [6.45, 7) is 6.93. The Morgan fingerprint density at radius 1 is 1.46 bits per heavy atom. The zero-order valence-electron chi connectivity index (χ0n) is 14.5. The third-order valence-electron chi connectivity index (χ3n) is 4.38. The second kappa shape index (κ2) is 8.73. The third kappa shape index (κ3) is 5.56. The molecule has 0 radical (unpaired) electrons. The third-order valence-corrected chi connectivity index (χ3v) is 4.38. The number of primary amides is 1. The van der Waals surface area contributed by atoms with E-state index in [2.05, 4.69) is 15.5 Å². The first-order valence-electron chi connectivity index (χ1n) is 8.58. The van der Waals surface area contributed by atoms with Crippen LogP contribution in [0.1, 0.15) is 43.7 Å². The van der Waals surface area contributed by atoms with Crippen LogP contribution in [0.15, 0.2) is 16.5 Å². The predicted octanol–water partition coefficient (Wildman–Crippen LogP) is 1.54. The maximum Gasteiger partial charge on any atom is 0.315 e. The Morgan fingerprint density at radius 3 is 2.92 bits per heavy atom. The van der Waals surface area contributed by atoms with Crippen molar-refractivity contribution in [2.24, 2.45) is 11.7 Å². The highest BCUT2D eigenvalue weighted by Gasteiger charge is 2.23. The van der Waals surface area contributed by atoms with Gasteiger partial charge in [0.15, 0.2) is 0 Å². The molecule has 7 nitrogen and oxygen atoms in total. The van der Waals surface area contributed by atoms with E-state index < -0.39 is 0 Å². The molecule has 1 aliphatic heterocycles. The second-order valence-corrected chi connectivity index (χ2v) is 6.47. The number of carbonyl (C=O) groups excluding carboxylic acids is 2. The fourth-order valence-electron chi connectivity index (χ4n) is 3.00. The summed E-state index contributed by atoms with van der Waals surface area (Å²) in [5.41, 5.74) is 5.38. The molecule has 0 aliphatic carbocycles. The van der Waals surface area contributed by atoms with Crippen molar-refractivity contribution in [3.63, 3.8) is 0 Å². The first-order valence-corrected chi connectivity index (χ1v) is 8.58. The summed E-state index contributed by atoms with van der Waals surface area (Å²) in [6.07, 6.45) is 2.73. The number of nitrogens with one attached hydrogen (secondary N) is 2. The monoisotopic (exact) mass is 336 g/mol. The van der Waals surface area contributed by atoms with Gasteiger partial charge in [-0.3, -0.25) is 4.79 Å². The number of nitrogens with two attached hydrogens (primary N) is 1. The zero-order chi connectivity index (χ0) is 17.5. The maximum atomic E-state index is 11.9. The van der Waals surface area contributed by atoms with E-state index in [9.17, 15) is 9.59 Å². The van der Waals surface area contributed by atoms with Gasteiger partial charge in [0.2, 0.25) is 5.91 Å². The van der Waals surface area contributed by atoms with Crippen molar-refractivity contribution in [3.8, 4) is 0 Å². The molecule has 2 heterocycles. The van der Waals surface area contributed by atoms with Crippen molar-refractivity contribution in [2.75, 3.05) is 26.2 Å². The fourth-order valence-corrected chi connectivity index (χ4v) is 3.00. The minimum absolute atomic E-state index is 0.0346. The number of rotatable bonds is 7. The lowest BCUT2D eigenvalue weighted by Gasteiger charge is -2.31. The predicted molar refractivity (Wildman–Crippen MR) is 91.4 cm³/mol. The normalized spacial score (nSPS) is 19.7. The first-order chi connectivity index (χ1) is 11.5. The quantitative estimate of drug-likeness (QED) is 0.657. The summed E-state index contributed by atoms with van der Waals surface area (Å²) in [4.78, 5) is 25.4. The van der Waals surface area contributed by atoms with Gasteiger partial charge in [0.1, 0.15) is 11.5 Å². The SMILES string of the molecule is Cc1ccc([C@H](C)NC(=O)NCCCN2CCC[C@@H](C(N)=O)C2)o1. The van der Waals surface area contributed by atoms with Crippen molar-refractivity contribution in [1.82, 2.24) is 15.5 Å². The average Bonchev–Trinajstić information content (AvgIpc) is 2.98. The van der Waals surface area contributed by atoms with Crippen molar-refractivity contribution in [1.29, 1.82) is 0 Å². The number of nitrogens with zero attached hydrogens (tertiary/aromatic N) is 1. The van der Waals surface area contributed by atoms with E-state index in [4.69, 9.17) is 10.2 Å². The molecule has 0 unspecified atom stereocenters. The molecule has 2 atom stereocenters. The Kier molecular flexibility index (Phi) is 6.66. The van der Waals surface area contributed by atoms with Crippen LogP contribution in [-0.4, -0.2) is 43.0 Å². The van der Waals surface area contributed by atoms with Crippen LogP contribution in [0.2, 0.25) is 0 Å². The largest absolute Gasteiger partial charge is 0.464 e. The van der Waals surface area contributed by atoms with Crippen LogP contribution in [0.3, 0.4) is 0 Å². The van der Waals surface area contributed by atoms with Gasteiger partial charge in [-0.15, -0.1) is 0 Å². The number of hydrogen-bond acceptors (Lipinski definition) is 4. The lowest BCUT2D eigenvalue weighted by Crippen LogP contribution is -2.42. The Hall–Kier alpha value is -2.02. The van der Waals surface area contributed by atoms with Gasteiger partial charge < -0.3 is 25.7 Å². The van der Waals surface area contributed by atoms with Crippen LogP contribution < -0.4 is 16.4 Å². The number of amides is 3. The Bertz CT molecular complexity index is 558. The molecule has 1 fully saturated rings. The molecule has 1 aliphatic rings. The number of furan rings is 1. The molecular weight excluding hydrogens is 308 g/mol. The highest BCUT2D eigenvalue weighted by molar-refractivity contribution is 5.77. The molecule has 3 amide bonds. The Labute approximate surface area is 142 Å². The Balaban J connectivity index is 1.61. The smallest absolute Gasteiger partial charge is 0.315 e. The van der Waals surface area contributed by atoms with Gasteiger partial charge in [0.25, 0.3) is 0 Å². The van der Waals surface area contributed by atoms with Gasteiger partial charge in [-0.05, 0) is 58.3 Å². The van der Waals surface area contributed by atoms with Crippen LogP contribution in [0.4, 0.5) is 4.79 Å². The molecule has 0 aromatic carbocycles. The van der Waals surface area contributed by atoms with Gasteiger partial charge in [0.05, 0.1) is 12.0 Å². The molecule has 134 valence electrons. The second-order valence-electron chi connectivity index (χ2n) is 6.47. The van der Waals surface area contributed by atoms with E-state index in [1.165, 1.54) is 0 Å². The van der Waals surface area contributed by atoms with Crippen LogP contribution in [0.25, 0.3) is 0 Å². The molecule has 4 N–H and O–H groups in total. The lowest BCUT2D eigenvalue weighted by atomic mass is 9.97. The number of hydrogen-bond donors (Lipinski definition) is 3. The van der Waals surface area contributed by atoms with Gasteiger partial charge in [-0.2, -0.15) is 0 Å². The van der Waals surface area contributed by atoms with Gasteiger partial charge >= 0.3 is 6.03 Å². The molecule has 2 rings (SSSR count). The standard InChI is InChI=1S/C17H28N4O3/c1-12-6-7-15(24-12)13(2)20-17(23)19-8-4-10-21-9-3-5-14(11-21)16(18)22/h6-7,13-14H,3-5,8-11H2,1-2H3,(H2,18,22)(H2,19,20,23)/t13-,14+/m0/s1. The van der Waals surface area contributed by atoms with E-state index in [0.29, 0.717) is 6.54 Å². The average molecular weight is 336 g/mol. The summed E-state index contributed by atoms with van der Waals surface area (Å²) >= 11 is 0. The summed E-state index contributed by atoms with van der Waals surface area (Å²) in [7, 11) is 0. The number of piperidine rings is 1. The maximum absolute atomic E-state index is 11.9.